The highest BCUT2D eigenvalue weighted by molar-refractivity contribution is 6.05. The molecule has 5 aromatic rings. The van der Waals surface area contributed by atoms with Crippen LogP contribution in [0.15, 0.2) is 91.1 Å². The Morgan fingerprint density at radius 1 is 0.914 bits per heavy atom. The maximum Gasteiger partial charge on any atom is 0.256 e. The number of benzene rings is 3. The van der Waals surface area contributed by atoms with Crippen LogP contribution in [0.2, 0.25) is 0 Å². The van der Waals surface area contributed by atoms with Crippen LogP contribution in [0.5, 0.6) is 0 Å². The summed E-state index contributed by atoms with van der Waals surface area (Å²) in [5, 5.41) is 19.4. The zero-order valence-corrected chi connectivity index (χ0v) is 19.7. The van der Waals surface area contributed by atoms with E-state index >= 15 is 0 Å². The van der Waals surface area contributed by atoms with Gasteiger partial charge < -0.3 is 15.0 Å². The second-order valence-corrected chi connectivity index (χ2v) is 8.34. The normalized spacial score (nSPS) is 11.6. The highest BCUT2D eigenvalue weighted by Gasteiger charge is 2.38. The molecule has 7 nitrogen and oxygen atoms in total. The van der Waals surface area contributed by atoms with Crippen LogP contribution >= 0.6 is 0 Å². The number of nitrogens with one attached hydrogen (secondary N) is 1. The van der Waals surface area contributed by atoms with Crippen molar-refractivity contribution in [2.45, 2.75) is 32.5 Å². The minimum atomic E-state index is -1.47. The Kier molecular flexibility index (Phi) is 5.93. The van der Waals surface area contributed by atoms with Crippen LogP contribution in [0.25, 0.3) is 11.0 Å². The summed E-state index contributed by atoms with van der Waals surface area (Å²) >= 11 is 0. The second kappa shape index (κ2) is 9.19. The molecule has 0 radical (unpaired) electrons. The maximum absolute atomic E-state index is 13.0. The third kappa shape index (κ3) is 4.00. The summed E-state index contributed by atoms with van der Waals surface area (Å²) < 4.78 is 3.73. The van der Waals surface area contributed by atoms with Crippen LogP contribution in [0, 0.1) is 0 Å². The minimum absolute atomic E-state index is 0.250. The molecule has 0 aliphatic carbocycles. The average Bonchev–Trinajstić information content (AvgIpc) is 3.53. The lowest BCUT2D eigenvalue weighted by Crippen LogP contribution is -2.32. The molecule has 0 aliphatic heterocycles. The lowest BCUT2D eigenvalue weighted by atomic mass is 9.85. The number of aryl methyl sites for hydroxylation is 2. The molecule has 0 bridgehead atoms. The molecule has 5 rings (SSSR count). The van der Waals surface area contributed by atoms with E-state index in [-0.39, 0.29) is 5.91 Å². The number of anilines is 1. The topological polar surface area (TPSA) is 85.0 Å². The Balaban J connectivity index is 1.62. The first-order valence-corrected chi connectivity index (χ1v) is 11.7. The first kappa shape index (κ1) is 22.6. The van der Waals surface area contributed by atoms with Gasteiger partial charge in [-0.25, -0.2) is 4.98 Å². The van der Waals surface area contributed by atoms with Crippen LogP contribution in [-0.2, 0) is 18.7 Å². The number of carbonyl (C=O) groups excluding carboxylic acids is 1. The molecule has 2 heterocycles. The molecular weight excluding hydrogens is 438 g/mol. The summed E-state index contributed by atoms with van der Waals surface area (Å²) in [6.45, 7) is 5.29. The van der Waals surface area contributed by atoms with Gasteiger partial charge in [-0.05, 0) is 43.2 Å². The first-order chi connectivity index (χ1) is 17.0. The van der Waals surface area contributed by atoms with E-state index in [0.717, 1.165) is 23.2 Å². The number of amides is 1. The van der Waals surface area contributed by atoms with Gasteiger partial charge in [0.1, 0.15) is 0 Å². The van der Waals surface area contributed by atoms with E-state index in [2.05, 4.69) is 10.4 Å². The molecule has 0 aliphatic rings. The van der Waals surface area contributed by atoms with Gasteiger partial charge in [0.25, 0.3) is 5.91 Å². The molecular formula is C28H27N5O2. The van der Waals surface area contributed by atoms with E-state index in [4.69, 9.17) is 4.98 Å². The van der Waals surface area contributed by atoms with Gasteiger partial charge in [-0.1, -0.05) is 60.7 Å². The Morgan fingerprint density at radius 2 is 1.57 bits per heavy atom. The van der Waals surface area contributed by atoms with Gasteiger partial charge in [0.15, 0.2) is 17.2 Å². The monoisotopic (exact) mass is 465 g/mol. The van der Waals surface area contributed by atoms with E-state index < -0.39 is 5.60 Å². The highest BCUT2D eigenvalue weighted by atomic mass is 16.3. The third-order valence-electron chi connectivity index (χ3n) is 6.24. The summed E-state index contributed by atoms with van der Waals surface area (Å²) in [4.78, 5) is 17.8. The molecule has 0 fully saturated rings. The quantitative estimate of drug-likeness (QED) is 0.361. The lowest BCUT2D eigenvalue weighted by Gasteiger charge is -2.29. The predicted molar refractivity (Wildman–Crippen MR) is 136 cm³/mol. The van der Waals surface area contributed by atoms with Crippen molar-refractivity contribution in [3.63, 3.8) is 0 Å². The van der Waals surface area contributed by atoms with Gasteiger partial charge in [-0.3, -0.25) is 9.48 Å². The standard InChI is InChI=1S/C28H27N5O2/c1-3-32-18-17-25(31-32)30-26(34)20-15-16-23-24(19-20)33(4-2)27(29-23)28(35,21-11-7-5-8-12-21)22-13-9-6-10-14-22/h5-19,35H,3-4H2,1-2H3,(H,30,31,34). The van der Waals surface area contributed by atoms with Crippen LogP contribution in [0.4, 0.5) is 5.82 Å². The van der Waals surface area contributed by atoms with Crippen molar-refractivity contribution >= 4 is 22.8 Å². The fourth-order valence-electron chi connectivity index (χ4n) is 4.44. The Labute approximate surface area is 203 Å². The van der Waals surface area contributed by atoms with Gasteiger partial charge in [0, 0.05) is 30.9 Å². The minimum Gasteiger partial charge on any atom is -0.373 e. The fourth-order valence-corrected chi connectivity index (χ4v) is 4.44. The molecule has 7 heteroatoms. The molecule has 3 aromatic carbocycles. The van der Waals surface area contributed by atoms with Crippen molar-refractivity contribution in [2.24, 2.45) is 0 Å². The van der Waals surface area contributed by atoms with E-state index in [1.54, 1.807) is 16.8 Å². The molecule has 2 N–H and O–H groups in total. The van der Waals surface area contributed by atoms with Gasteiger partial charge in [-0.15, -0.1) is 0 Å². The summed E-state index contributed by atoms with van der Waals surface area (Å²) in [7, 11) is 0. The number of carbonyl (C=O) groups is 1. The number of aliphatic hydroxyl groups is 1. The zero-order chi connectivity index (χ0) is 24.4. The number of hydrogen-bond donors (Lipinski definition) is 2. The molecule has 1 amide bonds. The average molecular weight is 466 g/mol. The molecule has 0 atom stereocenters. The van der Waals surface area contributed by atoms with E-state index in [1.807, 2.05) is 97.4 Å². The molecule has 0 saturated heterocycles. The summed E-state index contributed by atoms with van der Waals surface area (Å²) in [6.07, 6.45) is 1.82. The Bertz CT molecular complexity index is 1430. The zero-order valence-electron chi connectivity index (χ0n) is 19.7. The summed E-state index contributed by atoms with van der Waals surface area (Å²) in [6, 6.07) is 26.2. The van der Waals surface area contributed by atoms with Crippen LogP contribution in [-0.4, -0.2) is 30.3 Å². The molecule has 0 saturated carbocycles. The molecule has 176 valence electrons. The van der Waals surface area contributed by atoms with Crippen molar-refractivity contribution in [1.29, 1.82) is 0 Å². The third-order valence-corrected chi connectivity index (χ3v) is 6.24. The largest absolute Gasteiger partial charge is 0.373 e. The van der Waals surface area contributed by atoms with Gasteiger partial charge in [0.05, 0.1) is 11.0 Å². The number of aromatic nitrogens is 4. The predicted octanol–water partition coefficient (Wildman–Crippen LogP) is 4.81. The maximum atomic E-state index is 13.0. The smallest absolute Gasteiger partial charge is 0.256 e. The molecule has 0 spiro atoms. The number of hydrogen-bond acceptors (Lipinski definition) is 4. The second-order valence-electron chi connectivity index (χ2n) is 8.34. The Hall–Kier alpha value is -4.23. The van der Waals surface area contributed by atoms with Crippen molar-refractivity contribution in [1.82, 2.24) is 19.3 Å². The number of fused-ring (bicyclic) bond motifs is 1. The SMILES string of the molecule is CCn1ccc(NC(=O)c2ccc3nc(C(O)(c4ccccc4)c4ccccc4)n(CC)c3c2)n1. The lowest BCUT2D eigenvalue weighted by molar-refractivity contribution is 0.102. The van der Waals surface area contributed by atoms with Crippen molar-refractivity contribution in [2.75, 3.05) is 5.32 Å². The van der Waals surface area contributed by atoms with E-state index in [9.17, 15) is 9.90 Å². The van der Waals surface area contributed by atoms with Crippen molar-refractivity contribution < 1.29 is 9.90 Å². The van der Waals surface area contributed by atoms with Crippen molar-refractivity contribution in [3.8, 4) is 0 Å². The molecule has 0 unspecified atom stereocenters. The number of nitrogens with zero attached hydrogens (tertiary/aromatic N) is 4. The summed E-state index contributed by atoms with van der Waals surface area (Å²) in [5.74, 6) is 0.760. The first-order valence-electron chi connectivity index (χ1n) is 11.7. The van der Waals surface area contributed by atoms with Crippen LogP contribution in [0.1, 0.15) is 41.2 Å². The van der Waals surface area contributed by atoms with Gasteiger partial charge in [0.2, 0.25) is 0 Å². The number of rotatable bonds is 7. The molecule has 35 heavy (non-hydrogen) atoms. The van der Waals surface area contributed by atoms with Gasteiger partial charge in [-0.2, -0.15) is 5.10 Å². The number of imidazole rings is 1. The van der Waals surface area contributed by atoms with Crippen LogP contribution in [0.3, 0.4) is 0 Å². The Morgan fingerprint density at radius 3 is 2.14 bits per heavy atom. The highest BCUT2D eigenvalue weighted by Crippen LogP contribution is 2.37. The van der Waals surface area contributed by atoms with Gasteiger partial charge >= 0.3 is 0 Å². The van der Waals surface area contributed by atoms with E-state index in [1.165, 1.54) is 0 Å². The van der Waals surface area contributed by atoms with Crippen LogP contribution < -0.4 is 5.32 Å². The van der Waals surface area contributed by atoms with Crippen molar-refractivity contribution in [3.05, 3.63) is 114 Å². The fraction of sp³-hybridized carbons (Fsp3) is 0.179. The molecule has 2 aromatic heterocycles. The summed E-state index contributed by atoms with van der Waals surface area (Å²) in [5.41, 5.74) is 1.96. The van der Waals surface area contributed by atoms with E-state index in [0.29, 0.717) is 29.3 Å².